The van der Waals surface area contributed by atoms with Gasteiger partial charge in [0.2, 0.25) is 0 Å². The largest absolute Gasteiger partial charge is 0.398 e. The van der Waals surface area contributed by atoms with Gasteiger partial charge in [-0.15, -0.1) is 0 Å². The van der Waals surface area contributed by atoms with Crippen molar-refractivity contribution in [3.63, 3.8) is 0 Å². The molecule has 0 bridgehead atoms. The van der Waals surface area contributed by atoms with Crippen molar-refractivity contribution in [2.24, 2.45) is 0 Å². The van der Waals surface area contributed by atoms with Crippen molar-refractivity contribution in [2.75, 3.05) is 5.73 Å². The number of benzene rings is 1. The van der Waals surface area contributed by atoms with E-state index in [1.165, 1.54) is 18.2 Å². The molecule has 1 aromatic carbocycles. The maximum Gasteiger partial charge on any atom is 0.253 e. The summed E-state index contributed by atoms with van der Waals surface area (Å²) in [6, 6.07) is 3.84. The van der Waals surface area contributed by atoms with Crippen LogP contribution in [0.4, 0.5) is 10.1 Å². The maximum absolute atomic E-state index is 13.2. The van der Waals surface area contributed by atoms with Crippen LogP contribution in [0.1, 0.15) is 50.4 Å². The molecule has 0 saturated carbocycles. The zero-order valence-electron chi connectivity index (χ0n) is 11.2. The van der Waals surface area contributed by atoms with E-state index in [0.29, 0.717) is 5.69 Å². The summed E-state index contributed by atoms with van der Waals surface area (Å²) >= 11 is 0. The molecule has 0 unspecified atom stereocenters. The van der Waals surface area contributed by atoms with Crippen LogP contribution in [0.3, 0.4) is 0 Å². The molecule has 0 fully saturated rings. The molecule has 0 aliphatic heterocycles. The number of carbonyl (C=O) groups is 1. The van der Waals surface area contributed by atoms with E-state index in [1.54, 1.807) is 0 Å². The van der Waals surface area contributed by atoms with E-state index in [2.05, 4.69) is 5.32 Å². The van der Waals surface area contributed by atoms with Gasteiger partial charge in [0.05, 0.1) is 5.56 Å². The summed E-state index contributed by atoms with van der Waals surface area (Å²) in [5, 5.41) is 2.98. The minimum atomic E-state index is -0.454. The van der Waals surface area contributed by atoms with Crippen LogP contribution < -0.4 is 11.1 Å². The molecule has 1 rings (SSSR count). The van der Waals surface area contributed by atoms with Crippen molar-refractivity contribution in [1.29, 1.82) is 0 Å². The lowest BCUT2D eigenvalue weighted by Crippen LogP contribution is -2.47. The molecule has 0 radical (unpaired) electrons. The fourth-order valence-electron chi connectivity index (χ4n) is 2.05. The summed E-state index contributed by atoms with van der Waals surface area (Å²) in [6.07, 6.45) is 2.50. The molecule has 0 spiro atoms. The van der Waals surface area contributed by atoms with Gasteiger partial charge in [-0.05, 0) is 37.5 Å². The van der Waals surface area contributed by atoms with Gasteiger partial charge in [0.25, 0.3) is 5.91 Å². The lowest BCUT2D eigenvalue weighted by molar-refractivity contribution is 0.0888. The molecular formula is C14H21FN2O. The Morgan fingerprint density at radius 3 is 2.33 bits per heavy atom. The van der Waals surface area contributed by atoms with Crippen molar-refractivity contribution < 1.29 is 9.18 Å². The van der Waals surface area contributed by atoms with E-state index < -0.39 is 5.82 Å². The summed E-state index contributed by atoms with van der Waals surface area (Å²) in [5.41, 5.74) is 5.97. The Morgan fingerprint density at radius 2 is 1.83 bits per heavy atom. The standard InChI is InChI=1S/C14H21FN2O/c1-4-14(5-2,6-3)17-13(18)11-9-10(15)7-8-12(11)16/h7-9H,4-6,16H2,1-3H3,(H,17,18). The van der Waals surface area contributed by atoms with Crippen molar-refractivity contribution in [2.45, 2.75) is 45.6 Å². The van der Waals surface area contributed by atoms with Crippen molar-refractivity contribution in [3.8, 4) is 0 Å². The predicted molar refractivity (Wildman–Crippen MR) is 71.9 cm³/mol. The maximum atomic E-state index is 13.2. The second kappa shape index (κ2) is 5.85. The summed E-state index contributed by atoms with van der Waals surface area (Å²) in [6.45, 7) is 6.09. The molecule has 0 heterocycles. The number of halogens is 1. The Labute approximate surface area is 108 Å². The number of anilines is 1. The molecule has 3 N–H and O–H groups in total. The number of nitrogens with two attached hydrogens (primary N) is 1. The first-order valence-corrected chi connectivity index (χ1v) is 6.35. The van der Waals surface area contributed by atoms with Crippen molar-refractivity contribution >= 4 is 11.6 Å². The minimum Gasteiger partial charge on any atom is -0.398 e. The Balaban J connectivity index is 2.97. The number of hydrogen-bond acceptors (Lipinski definition) is 2. The van der Waals surface area contributed by atoms with E-state index in [-0.39, 0.29) is 17.0 Å². The van der Waals surface area contributed by atoms with Gasteiger partial charge >= 0.3 is 0 Å². The highest BCUT2D eigenvalue weighted by molar-refractivity contribution is 5.99. The molecule has 3 nitrogen and oxygen atoms in total. The highest BCUT2D eigenvalue weighted by Crippen LogP contribution is 2.21. The molecule has 1 amide bonds. The van der Waals surface area contributed by atoms with Crippen LogP contribution in [-0.2, 0) is 0 Å². The Hall–Kier alpha value is -1.58. The normalized spacial score (nSPS) is 11.3. The van der Waals surface area contributed by atoms with E-state index in [9.17, 15) is 9.18 Å². The summed E-state index contributed by atoms with van der Waals surface area (Å²) in [7, 11) is 0. The van der Waals surface area contributed by atoms with Crippen LogP contribution in [0.15, 0.2) is 18.2 Å². The SMILES string of the molecule is CCC(CC)(CC)NC(=O)c1cc(F)ccc1N. The fourth-order valence-corrected chi connectivity index (χ4v) is 2.05. The van der Waals surface area contributed by atoms with Gasteiger partial charge in [0.15, 0.2) is 0 Å². The van der Waals surface area contributed by atoms with Crippen LogP contribution in [0.2, 0.25) is 0 Å². The van der Waals surface area contributed by atoms with E-state index in [0.717, 1.165) is 19.3 Å². The smallest absolute Gasteiger partial charge is 0.253 e. The first kappa shape index (κ1) is 14.5. The van der Waals surface area contributed by atoms with E-state index >= 15 is 0 Å². The van der Waals surface area contributed by atoms with Crippen LogP contribution in [0.5, 0.6) is 0 Å². The number of nitrogens with one attached hydrogen (secondary N) is 1. The number of rotatable bonds is 5. The van der Waals surface area contributed by atoms with Gasteiger partial charge in [0.1, 0.15) is 5.82 Å². The van der Waals surface area contributed by atoms with Crippen molar-refractivity contribution in [3.05, 3.63) is 29.6 Å². The summed E-state index contributed by atoms with van der Waals surface area (Å²) in [4.78, 5) is 12.2. The minimum absolute atomic E-state index is 0.203. The molecule has 1 aromatic rings. The fraction of sp³-hybridized carbons (Fsp3) is 0.500. The van der Waals surface area contributed by atoms with Gasteiger partial charge in [-0.1, -0.05) is 20.8 Å². The molecule has 18 heavy (non-hydrogen) atoms. The lowest BCUT2D eigenvalue weighted by atomic mass is 9.89. The Kier molecular flexibility index (Phi) is 4.70. The average Bonchev–Trinajstić information content (AvgIpc) is 2.38. The topological polar surface area (TPSA) is 55.1 Å². The van der Waals surface area contributed by atoms with Crippen molar-refractivity contribution in [1.82, 2.24) is 5.32 Å². The molecular weight excluding hydrogens is 231 g/mol. The highest BCUT2D eigenvalue weighted by atomic mass is 19.1. The Bertz CT molecular complexity index is 420. The number of hydrogen-bond donors (Lipinski definition) is 2. The number of carbonyl (C=O) groups excluding carboxylic acids is 1. The van der Waals surface area contributed by atoms with Gasteiger partial charge < -0.3 is 11.1 Å². The first-order valence-electron chi connectivity index (χ1n) is 6.35. The highest BCUT2D eigenvalue weighted by Gasteiger charge is 2.27. The molecule has 0 aromatic heterocycles. The second-order valence-corrected chi connectivity index (χ2v) is 4.53. The zero-order chi connectivity index (χ0) is 13.8. The van der Waals surface area contributed by atoms with Crippen LogP contribution >= 0.6 is 0 Å². The molecule has 0 atom stereocenters. The molecule has 100 valence electrons. The third-order valence-corrected chi connectivity index (χ3v) is 3.67. The third kappa shape index (κ3) is 3.00. The summed E-state index contributed by atoms with van der Waals surface area (Å²) in [5.74, 6) is -0.762. The van der Waals surface area contributed by atoms with E-state index in [4.69, 9.17) is 5.73 Å². The third-order valence-electron chi connectivity index (χ3n) is 3.67. The Morgan fingerprint density at radius 1 is 1.28 bits per heavy atom. The van der Waals surface area contributed by atoms with Crippen LogP contribution in [0, 0.1) is 5.82 Å². The van der Waals surface area contributed by atoms with Gasteiger partial charge in [-0.25, -0.2) is 4.39 Å². The van der Waals surface area contributed by atoms with Gasteiger partial charge in [0, 0.05) is 11.2 Å². The molecule has 0 saturated heterocycles. The van der Waals surface area contributed by atoms with Gasteiger partial charge in [-0.3, -0.25) is 4.79 Å². The quantitative estimate of drug-likeness (QED) is 0.791. The molecule has 0 aliphatic rings. The molecule has 4 heteroatoms. The van der Waals surface area contributed by atoms with E-state index in [1.807, 2.05) is 20.8 Å². The van der Waals surface area contributed by atoms with Crippen LogP contribution in [-0.4, -0.2) is 11.4 Å². The molecule has 0 aliphatic carbocycles. The second-order valence-electron chi connectivity index (χ2n) is 4.53. The number of amides is 1. The predicted octanol–water partition coefficient (Wildman–Crippen LogP) is 3.11. The number of nitrogen functional groups attached to an aromatic ring is 1. The average molecular weight is 252 g/mol. The lowest BCUT2D eigenvalue weighted by Gasteiger charge is -2.32. The first-order chi connectivity index (χ1) is 8.48. The van der Waals surface area contributed by atoms with Crippen LogP contribution in [0.25, 0.3) is 0 Å². The summed E-state index contributed by atoms with van der Waals surface area (Å²) < 4.78 is 13.2. The monoisotopic (exact) mass is 252 g/mol. The zero-order valence-corrected chi connectivity index (χ0v) is 11.2. The van der Waals surface area contributed by atoms with Gasteiger partial charge in [-0.2, -0.15) is 0 Å².